The maximum Gasteiger partial charge on any atom is 0.338 e. The van der Waals surface area contributed by atoms with Crippen molar-refractivity contribution < 1.29 is 23.8 Å². The first-order valence-electron chi connectivity index (χ1n) is 5.19. The molecule has 4 nitrogen and oxygen atoms in total. The van der Waals surface area contributed by atoms with Crippen LogP contribution in [0.4, 0.5) is 4.39 Å². The van der Waals surface area contributed by atoms with Crippen LogP contribution >= 0.6 is 0 Å². The molecule has 0 aromatic heterocycles. The number of halogens is 1. The van der Waals surface area contributed by atoms with Crippen LogP contribution in [0.5, 0.6) is 0 Å². The normalized spacial score (nSPS) is 14.5. The number of ether oxygens (including phenoxy) is 1. The average molecular weight is 238 g/mol. The molecule has 0 heterocycles. The summed E-state index contributed by atoms with van der Waals surface area (Å²) < 4.78 is 18.0. The Labute approximate surface area is 97.0 Å². The molecule has 2 rings (SSSR count). The van der Waals surface area contributed by atoms with Gasteiger partial charge in [-0.3, -0.25) is 0 Å². The van der Waals surface area contributed by atoms with E-state index in [1.165, 1.54) is 13.2 Å². The van der Waals surface area contributed by atoms with Gasteiger partial charge in [-0.25, -0.2) is 14.0 Å². The minimum Gasteiger partial charge on any atom is -0.478 e. The molecule has 90 valence electrons. The predicted molar refractivity (Wildman–Crippen MR) is 56.7 cm³/mol. The van der Waals surface area contributed by atoms with Crippen LogP contribution in [0.2, 0.25) is 0 Å². The lowest BCUT2D eigenvalue weighted by atomic mass is 9.99. The largest absolute Gasteiger partial charge is 0.478 e. The van der Waals surface area contributed by atoms with E-state index in [1.54, 1.807) is 0 Å². The Morgan fingerprint density at radius 1 is 1.35 bits per heavy atom. The highest BCUT2D eigenvalue weighted by Crippen LogP contribution is 2.42. The Morgan fingerprint density at radius 2 is 2.00 bits per heavy atom. The van der Waals surface area contributed by atoms with Crippen LogP contribution in [0.3, 0.4) is 0 Å². The third-order valence-corrected chi connectivity index (χ3v) is 2.79. The van der Waals surface area contributed by atoms with E-state index in [0.29, 0.717) is 5.56 Å². The standard InChI is InChI=1S/C12H11FO4/c1-17-12(16)8-5-10(13)9(11(14)15)4-7(8)6-2-3-6/h4-6H,2-3H2,1H3,(H,14,15). The van der Waals surface area contributed by atoms with Crippen LogP contribution in [0.1, 0.15) is 45.0 Å². The fraction of sp³-hybridized carbons (Fsp3) is 0.333. The zero-order valence-corrected chi connectivity index (χ0v) is 9.20. The zero-order chi connectivity index (χ0) is 12.6. The van der Waals surface area contributed by atoms with Gasteiger partial charge in [-0.05, 0) is 36.5 Å². The molecule has 1 aliphatic rings. The van der Waals surface area contributed by atoms with Crippen LogP contribution in [-0.2, 0) is 4.74 Å². The van der Waals surface area contributed by atoms with E-state index < -0.39 is 23.3 Å². The fourth-order valence-corrected chi connectivity index (χ4v) is 1.77. The summed E-state index contributed by atoms with van der Waals surface area (Å²) in [4.78, 5) is 22.3. The molecule has 0 aliphatic heterocycles. The molecule has 0 spiro atoms. The number of carbonyl (C=O) groups is 2. The summed E-state index contributed by atoms with van der Waals surface area (Å²) in [7, 11) is 1.21. The highest BCUT2D eigenvalue weighted by Gasteiger charge is 2.30. The van der Waals surface area contributed by atoms with Gasteiger partial charge in [0.15, 0.2) is 0 Å². The van der Waals surface area contributed by atoms with Crippen molar-refractivity contribution in [3.8, 4) is 0 Å². The van der Waals surface area contributed by atoms with Crippen LogP contribution in [-0.4, -0.2) is 24.2 Å². The Hall–Kier alpha value is -1.91. The summed E-state index contributed by atoms with van der Waals surface area (Å²) in [5, 5.41) is 8.82. The highest BCUT2D eigenvalue weighted by atomic mass is 19.1. The maximum absolute atomic E-state index is 13.5. The smallest absolute Gasteiger partial charge is 0.338 e. The summed E-state index contributed by atoms with van der Waals surface area (Å²) >= 11 is 0. The van der Waals surface area contributed by atoms with E-state index in [9.17, 15) is 14.0 Å². The Morgan fingerprint density at radius 3 is 2.47 bits per heavy atom. The van der Waals surface area contributed by atoms with E-state index in [-0.39, 0.29) is 11.5 Å². The lowest BCUT2D eigenvalue weighted by Crippen LogP contribution is -2.10. The summed E-state index contributed by atoms with van der Waals surface area (Å²) in [6, 6.07) is 2.19. The minimum absolute atomic E-state index is 0.123. The van der Waals surface area contributed by atoms with Crippen molar-refractivity contribution >= 4 is 11.9 Å². The second kappa shape index (κ2) is 4.16. The van der Waals surface area contributed by atoms with Gasteiger partial charge < -0.3 is 9.84 Å². The molecule has 0 amide bonds. The molecule has 1 fully saturated rings. The first kappa shape index (κ1) is 11.6. The molecule has 0 atom stereocenters. The highest BCUT2D eigenvalue weighted by molar-refractivity contribution is 5.94. The van der Waals surface area contributed by atoms with Crippen molar-refractivity contribution in [2.75, 3.05) is 7.11 Å². The molecule has 5 heteroatoms. The van der Waals surface area contributed by atoms with E-state index in [4.69, 9.17) is 5.11 Å². The molecule has 0 unspecified atom stereocenters. The summed E-state index contributed by atoms with van der Waals surface area (Å²) in [6.45, 7) is 0. The first-order chi connectivity index (χ1) is 8.04. The van der Waals surface area contributed by atoms with Gasteiger partial charge >= 0.3 is 11.9 Å². The van der Waals surface area contributed by atoms with E-state index >= 15 is 0 Å². The van der Waals surface area contributed by atoms with Gasteiger partial charge in [-0.15, -0.1) is 0 Å². The molecule has 1 N–H and O–H groups in total. The molecule has 1 saturated carbocycles. The third-order valence-electron chi connectivity index (χ3n) is 2.79. The van der Waals surface area contributed by atoms with Gasteiger partial charge in [0.1, 0.15) is 5.82 Å². The number of esters is 1. The van der Waals surface area contributed by atoms with Crippen molar-refractivity contribution in [3.05, 3.63) is 34.6 Å². The fourth-order valence-electron chi connectivity index (χ4n) is 1.77. The number of carboxylic acid groups (broad SMARTS) is 1. The number of methoxy groups -OCH3 is 1. The minimum atomic E-state index is -1.33. The third kappa shape index (κ3) is 2.13. The van der Waals surface area contributed by atoms with Crippen molar-refractivity contribution in [2.45, 2.75) is 18.8 Å². The van der Waals surface area contributed by atoms with Gasteiger partial charge in [-0.1, -0.05) is 0 Å². The predicted octanol–water partition coefficient (Wildman–Crippen LogP) is 2.19. The van der Waals surface area contributed by atoms with Crippen molar-refractivity contribution in [1.82, 2.24) is 0 Å². The molecular weight excluding hydrogens is 227 g/mol. The number of hydrogen-bond donors (Lipinski definition) is 1. The average Bonchev–Trinajstić information content (AvgIpc) is 3.11. The number of hydrogen-bond acceptors (Lipinski definition) is 3. The van der Waals surface area contributed by atoms with Crippen LogP contribution in [0, 0.1) is 5.82 Å². The molecule has 0 saturated heterocycles. The van der Waals surface area contributed by atoms with Crippen molar-refractivity contribution in [2.24, 2.45) is 0 Å². The Kier molecular flexibility index (Phi) is 2.83. The van der Waals surface area contributed by atoms with Crippen molar-refractivity contribution in [3.63, 3.8) is 0 Å². The van der Waals surface area contributed by atoms with Gasteiger partial charge in [0.05, 0.1) is 18.2 Å². The lowest BCUT2D eigenvalue weighted by molar-refractivity contribution is 0.0596. The maximum atomic E-state index is 13.5. The monoisotopic (exact) mass is 238 g/mol. The van der Waals surface area contributed by atoms with Crippen LogP contribution in [0.25, 0.3) is 0 Å². The van der Waals surface area contributed by atoms with Crippen LogP contribution in [0.15, 0.2) is 12.1 Å². The quantitative estimate of drug-likeness (QED) is 0.820. The topological polar surface area (TPSA) is 63.6 Å². The van der Waals surface area contributed by atoms with Gasteiger partial charge in [-0.2, -0.15) is 0 Å². The second-order valence-electron chi connectivity index (χ2n) is 3.99. The number of aromatic carboxylic acids is 1. The molecular formula is C12H11FO4. The number of carboxylic acids is 1. The summed E-state index contributed by atoms with van der Waals surface area (Å²) in [5.41, 5.74) is 0.285. The first-order valence-corrected chi connectivity index (χ1v) is 5.19. The number of carbonyl (C=O) groups excluding carboxylic acids is 1. The molecule has 0 bridgehead atoms. The molecule has 1 aliphatic carbocycles. The lowest BCUT2D eigenvalue weighted by Gasteiger charge is -2.09. The van der Waals surface area contributed by atoms with E-state index in [1.807, 2.05) is 0 Å². The second-order valence-corrected chi connectivity index (χ2v) is 3.99. The Balaban J connectivity index is 2.55. The number of rotatable bonds is 3. The summed E-state index contributed by atoms with van der Waals surface area (Å²) in [5.74, 6) is -2.74. The van der Waals surface area contributed by atoms with Crippen molar-refractivity contribution in [1.29, 1.82) is 0 Å². The van der Waals surface area contributed by atoms with Gasteiger partial charge in [0.25, 0.3) is 0 Å². The zero-order valence-electron chi connectivity index (χ0n) is 9.20. The van der Waals surface area contributed by atoms with E-state index in [2.05, 4.69) is 4.74 Å². The number of benzene rings is 1. The summed E-state index contributed by atoms with van der Waals surface area (Å²) in [6.07, 6.45) is 1.77. The molecule has 17 heavy (non-hydrogen) atoms. The Bertz CT molecular complexity index is 492. The molecule has 1 aromatic carbocycles. The van der Waals surface area contributed by atoms with Gasteiger partial charge in [0, 0.05) is 0 Å². The SMILES string of the molecule is COC(=O)c1cc(F)c(C(=O)O)cc1C1CC1. The molecule has 1 aromatic rings. The van der Waals surface area contributed by atoms with Crippen LogP contribution < -0.4 is 0 Å². The van der Waals surface area contributed by atoms with E-state index in [0.717, 1.165) is 18.9 Å². The molecule has 0 radical (unpaired) electrons. The van der Waals surface area contributed by atoms with Gasteiger partial charge in [0.2, 0.25) is 0 Å².